The highest BCUT2D eigenvalue weighted by Crippen LogP contribution is 2.62. The third kappa shape index (κ3) is 2.76. The van der Waals surface area contributed by atoms with Crippen molar-refractivity contribution in [3.05, 3.63) is 0 Å². The van der Waals surface area contributed by atoms with Crippen LogP contribution in [0.1, 0.15) is 53.4 Å². The van der Waals surface area contributed by atoms with E-state index >= 15 is 0 Å². The second-order valence-electron chi connectivity index (χ2n) is 6.03. The van der Waals surface area contributed by atoms with Gasteiger partial charge in [-0.05, 0) is 30.2 Å². The summed E-state index contributed by atoms with van der Waals surface area (Å²) in [5, 5.41) is 12.1. The Morgan fingerprint density at radius 2 is 1.69 bits per heavy atom. The van der Waals surface area contributed by atoms with Crippen molar-refractivity contribution >= 4 is 5.97 Å². The van der Waals surface area contributed by atoms with E-state index in [0.717, 1.165) is 25.8 Å². The monoisotopic (exact) mass is 227 g/mol. The van der Waals surface area contributed by atoms with Crippen molar-refractivity contribution in [3.8, 4) is 0 Å². The maximum Gasteiger partial charge on any atom is 0.303 e. The van der Waals surface area contributed by atoms with Gasteiger partial charge < -0.3 is 10.4 Å². The van der Waals surface area contributed by atoms with E-state index < -0.39 is 5.97 Å². The van der Waals surface area contributed by atoms with E-state index in [4.69, 9.17) is 5.11 Å². The molecule has 0 amide bonds. The Morgan fingerprint density at radius 1 is 1.12 bits per heavy atom. The molecule has 1 aliphatic rings. The highest BCUT2D eigenvalue weighted by atomic mass is 16.4. The van der Waals surface area contributed by atoms with Gasteiger partial charge in [-0.1, -0.05) is 34.1 Å². The van der Waals surface area contributed by atoms with Crippen LogP contribution < -0.4 is 5.32 Å². The Labute approximate surface area is 98.6 Å². The molecule has 0 radical (unpaired) electrons. The van der Waals surface area contributed by atoms with Crippen LogP contribution in [0.4, 0.5) is 0 Å². The van der Waals surface area contributed by atoms with Crippen molar-refractivity contribution in [2.45, 2.75) is 59.4 Å². The van der Waals surface area contributed by atoms with Crippen LogP contribution in [0.3, 0.4) is 0 Å². The zero-order valence-electron chi connectivity index (χ0n) is 11.0. The molecule has 0 bridgehead atoms. The number of rotatable bonds is 7. The summed E-state index contributed by atoms with van der Waals surface area (Å²) in [6.45, 7) is 10.2. The first-order valence-electron chi connectivity index (χ1n) is 6.25. The van der Waals surface area contributed by atoms with Crippen molar-refractivity contribution in [2.75, 3.05) is 6.54 Å². The fourth-order valence-electron chi connectivity index (χ4n) is 2.53. The zero-order chi connectivity index (χ0) is 12.4. The molecule has 0 atom stereocenters. The molecule has 94 valence electrons. The highest BCUT2D eigenvalue weighted by Gasteiger charge is 2.64. The Balaban J connectivity index is 2.04. The van der Waals surface area contributed by atoms with Gasteiger partial charge >= 0.3 is 5.97 Å². The lowest BCUT2D eigenvalue weighted by atomic mass is 10.0. The number of carboxylic acid groups (broad SMARTS) is 1. The Bertz CT molecular complexity index is 245. The number of nitrogens with one attached hydrogen (secondary N) is 1. The largest absolute Gasteiger partial charge is 0.481 e. The van der Waals surface area contributed by atoms with E-state index in [1.54, 1.807) is 0 Å². The summed E-state index contributed by atoms with van der Waals surface area (Å²) in [5.74, 6) is -0.683. The molecule has 16 heavy (non-hydrogen) atoms. The van der Waals surface area contributed by atoms with Gasteiger partial charge in [0, 0.05) is 12.5 Å². The molecule has 0 unspecified atom stereocenters. The molecule has 0 aromatic rings. The number of aliphatic carboxylic acids is 1. The number of carbonyl (C=O) groups is 1. The van der Waals surface area contributed by atoms with Crippen molar-refractivity contribution in [3.63, 3.8) is 0 Å². The first-order chi connectivity index (χ1) is 7.30. The number of hydrogen-bond donors (Lipinski definition) is 2. The standard InChI is InChI=1S/C13H25NO2/c1-12(2)11(13(12,3)4)14-9-7-5-6-8-10(15)16/h11,14H,5-9H2,1-4H3,(H,15,16). The van der Waals surface area contributed by atoms with Gasteiger partial charge in [0.2, 0.25) is 0 Å². The molecule has 0 spiro atoms. The minimum absolute atomic E-state index is 0.306. The van der Waals surface area contributed by atoms with E-state index in [9.17, 15) is 4.79 Å². The maximum absolute atomic E-state index is 10.3. The van der Waals surface area contributed by atoms with Crippen LogP contribution in [0.5, 0.6) is 0 Å². The smallest absolute Gasteiger partial charge is 0.303 e. The van der Waals surface area contributed by atoms with Crippen LogP contribution in [0.25, 0.3) is 0 Å². The van der Waals surface area contributed by atoms with Gasteiger partial charge in [-0.2, -0.15) is 0 Å². The second-order valence-corrected chi connectivity index (χ2v) is 6.03. The molecule has 1 aliphatic carbocycles. The normalized spacial score (nSPS) is 22.0. The summed E-state index contributed by atoms with van der Waals surface area (Å²) in [5.41, 5.74) is 0.794. The van der Waals surface area contributed by atoms with E-state index in [1.165, 1.54) is 0 Å². The molecular formula is C13H25NO2. The summed E-state index contributed by atoms with van der Waals surface area (Å²) in [6.07, 6.45) is 3.19. The van der Waals surface area contributed by atoms with Gasteiger partial charge in [0.25, 0.3) is 0 Å². The zero-order valence-corrected chi connectivity index (χ0v) is 11.0. The van der Waals surface area contributed by atoms with Crippen LogP contribution in [-0.2, 0) is 4.79 Å². The minimum Gasteiger partial charge on any atom is -0.481 e. The summed E-state index contributed by atoms with van der Waals surface area (Å²) in [4.78, 5) is 10.3. The highest BCUT2D eigenvalue weighted by molar-refractivity contribution is 5.66. The van der Waals surface area contributed by atoms with E-state index in [2.05, 4.69) is 33.0 Å². The topological polar surface area (TPSA) is 49.3 Å². The van der Waals surface area contributed by atoms with Crippen LogP contribution in [0, 0.1) is 10.8 Å². The van der Waals surface area contributed by atoms with Gasteiger partial charge in [-0.15, -0.1) is 0 Å². The van der Waals surface area contributed by atoms with Gasteiger partial charge in [0.15, 0.2) is 0 Å². The third-order valence-electron chi connectivity index (χ3n) is 4.44. The fourth-order valence-corrected chi connectivity index (χ4v) is 2.53. The average molecular weight is 227 g/mol. The molecule has 2 N–H and O–H groups in total. The quantitative estimate of drug-likeness (QED) is 0.657. The van der Waals surface area contributed by atoms with Gasteiger partial charge in [0.1, 0.15) is 0 Å². The summed E-state index contributed by atoms with van der Waals surface area (Å²) >= 11 is 0. The summed E-state index contributed by atoms with van der Waals surface area (Å²) in [6, 6.07) is 0.611. The van der Waals surface area contributed by atoms with Crippen molar-refractivity contribution in [2.24, 2.45) is 10.8 Å². The summed E-state index contributed by atoms with van der Waals surface area (Å²) in [7, 11) is 0. The Morgan fingerprint density at radius 3 is 2.12 bits per heavy atom. The van der Waals surface area contributed by atoms with Crippen molar-refractivity contribution in [1.29, 1.82) is 0 Å². The average Bonchev–Trinajstić information content (AvgIpc) is 2.52. The van der Waals surface area contributed by atoms with Gasteiger partial charge in [-0.25, -0.2) is 0 Å². The lowest BCUT2D eigenvalue weighted by molar-refractivity contribution is -0.137. The molecule has 0 aliphatic heterocycles. The molecule has 3 nitrogen and oxygen atoms in total. The molecular weight excluding hydrogens is 202 g/mol. The van der Waals surface area contributed by atoms with Crippen LogP contribution in [0.15, 0.2) is 0 Å². The molecule has 1 fully saturated rings. The van der Waals surface area contributed by atoms with E-state index in [0.29, 0.717) is 23.3 Å². The molecule has 1 rings (SSSR count). The first-order valence-corrected chi connectivity index (χ1v) is 6.25. The number of hydrogen-bond acceptors (Lipinski definition) is 2. The van der Waals surface area contributed by atoms with Gasteiger partial charge in [-0.3, -0.25) is 4.79 Å². The van der Waals surface area contributed by atoms with Crippen LogP contribution in [-0.4, -0.2) is 23.7 Å². The van der Waals surface area contributed by atoms with Crippen molar-refractivity contribution in [1.82, 2.24) is 5.32 Å². The lowest BCUT2D eigenvalue weighted by Crippen LogP contribution is -2.23. The Kier molecular flexibility index (Phi) is 4.00. The molecule has 1 saturated carbocycles. The minimum atomic E-state index is -0.683. The second kappa shape index (κ2) is 4.74. The SMILES string of the molecule is CC1(C)C(NCCCCCC(=O)O)C1(C)C. The number of unbranched alkanes of at least 4 members (excludes halogenated alkanes) is 2. The van der Waals surface area contributed by atoms with Crippen LogP contribution >= 0.6 is 0 Å². The molecule has 0 saturated heterocycles. The van der Waals surface area contributed by atoms with E-state index in [-0.39, 0.29) is 0 Å². The van der Waals surface area contributed by atoms with Crippen molar-refractivity contribution < 1.29 is 9.90 Å². The van der Waals surface area contributed by atoms with Gasteiger partial charge in [0.05, 0.1) is 0 Å². The molecule has 0 aromatic carbocycles. The molecule has 0 aromatic heterocycles. The first kappa shape index (κ1) is 13.5. The Hall–Kier alpha value is -0.570. The number of carboxylic acids is 1. The maximum atomic E-state index is 10.3. The predicted octanol–water partition coefficient (Wildman–Crippen LogP) is 2.66. The third-order valence-corrected chi connectivity index (χ3v) is 4.44. The molecule has 0 heterocycles. The lowest BCUT2D eigenvalue weighted by Gasteiger charge is -2.05. The summed E-state index contributed by atoms with van der Waals surface area (Å²) < 4.78 is 0. The predicted molar refractivity (Wildman–Crippen MR) is 65.5 cm³/mol. The van der Waals surface area contributed by atoms with Crippen LogP contribution in [0.2, 0.25) is 0 Å². The van der Waals surface area contributed by atoms with E-state index in [1.807, 2.05) is 0 Å². The fraction of sp³-hybridized carbons (Fsp3) is 0.923. The molecule has 3 heteroatoms.